The zero-order chi connectivity index (χ0) is 17.0. The molecule has 2 rings (SSSR count). The van der Waals surface area contributed by atoms with Crippen LogP contribution in [0.15, 0.2) is 18.2 Å². The fourth-order valence-corrected chi connectivity index (χ4v) is 3.40. The lowest BCUT2D eigenvalue weighted by atomic mass is 9.96. The Morgan fingerprint density at radius 1 is 1.43 bits per heavy atom. The molecule has 0 amide bonds. The molecule has 1 atom stereocenters. The molecule has 1 saturated heterocycles. The van der Waals surface area contributed by atoms with Crippen molar-refractivity contribution < 1.29 is 9.53 Å². The summed E-state index contributed by atoms with van der Waals surface area (Å²) in [7, 11) is 5.81. The number of likely N-dealkylation sites (N-methyl/N-ethyl adjacent to an activating group) is 1. The highest BCUT2D eigenvalue weighted by Crippen LogP contribution is 2.25. The molecule has 1 unspecified atom stereocenters. The van der Waals surface area contributed by atoms with Crippen molar-refractivity contribution in [2.45, 2.75) is 38.3 Å². The molecule has 1 aromatic rings. The van der Waals surface area contributed by atoms with Gasteiger partial charge in [0.05, 0.1) is 18.8 Å². The molecule has 1 aliphatic heterocycles. The van der Waals surface area contributed by atoms with Gasteiger partial charge in [0.25, 0.3) is 0 Å². The standard InChI is InChI=1S/C18H29N3O2/c1-5-16(21(3)14-8-10-20(2)11-9-14)18(22)13-6-7-17(23-4)15(19)12-13/h6-7,12,14,16H,5,8-11,19H2,1-4H3. The average Bonchev–Trinajstić information content (AvgIpc) is 2.55. The number of ketones is 1. The number of piperidine rings is 1. The maximum Gasteiger partial charge on any atom is 0.180 e. The van der Waals surface area contributed by atoms with Gasteiger partial charge in [-0.1, -0.05) is 6.92 Å². The number of ether oxygens (including phenoxy) is 1. The Labute approximate surface area is 139 Å². The number of likely N-dealkylation sites (tertiary alicyclic amines) is 1. The molecule has 2 N–H and O–H groups in total. The number of rotatable bonds is 6. The van der Waals surface area contributed by atoms with Crippen molar-refractivity contribution in [3.63, 3.8) is 0 Å². The van der Waals surface area contributed by atoms with Crippen LogP contribution in [0, 0.1) is 0 Å². The maximum atomic E-state index is 12.9. The Kier molecular flexibility index (Phi) is 6.02. The van der Waals surface area contributed by atoms with Crippen molar-refractivity contribution >= 4 is 11.5 Å². The Hall–Kier alpha value is -1.59. The third kappa shape index (κ3) is 4.03. The predicted octanol–water partition coefficient (Wildman–Crippen LogP) is 2.26. The van der Waals surface area contributed by atoms with E-state index in [-0.39, 0.29) is 11.8 Å². The monoisotopic (exact) mass is 319 g/mol. The number of nitrogens with zero attached hydrogens (tertiary/aromatic N) is 2. The molecular weight excluding hydrogens is 290 g/mol. The zero-order valence-corrected chi connectivity index (χ0v) is 14.7. The number of hydrogen-bond acceptors (Lipinski definition) is 5. The molecule has 5 heteroatoms. The highest BCUT2D eigenvalue weighted by Gasteiger charge is 2.29. The van der Waals surface area contributed by atoms with E-state index in [1.165, 1.54) is 0 Å². The van der Waals surface area contributed by atoms with Crippen LogP contribution in [-0.2, 0) is 0 Å². The van der Waals surface area contributed by atoms with Crippen LogP contribution in [0.5, 0.6) is 5.75 Å². The van der Waals surface area contributed by atoms with Crippen LogP contribution in [0.2, 0.25) is 0 Å². The number of nitrogens with two attached hydrogens (primary N) is 1. The summed E-state index contributed by atoms with van der Waals surface area (Å²) < 4.78 is 5.17. The summed E-state index contributed by atoms with van der Waals surface area (Å²) in [4.78, 5) is 17.5. The fourth-order valence-electron chi connectivity index (χ4n) is 3.40. The summed E-state index contributed by atoms with van der Waals surface area (Å²) in [6.45, 7) is 4.26. The summed E-state index contributed by atoms with van der Waals surface area (Å²) in [6, 6.07) is 5.67. The number of anilines is 1. The Bertz CT molecular complexity index is 539. The minimum absolute atomic E-state index is 0.101. The third-order valence-electron chi connectivity index (χ3n) is 4.96. The number of hydrogen-bond donors (Lipinski definition) is 1. The molecule has 128 valence electrons. The van der Waals surface area contributed by atoms with Gasteiger partial charge in [-0.3, -0.25) is 9.69 Å². The van der Waals surface area contributed by atoms with E-state index in [1.807, 2.05) is 6.07 Å². The zero-order valence-electron chi connectivity index (χ0n) is 14.7. The number of carbonyl (C=O) groups is 1. The van der Waals surface area contributed by atoms with Crippen molar-refractivity contribution in [1.82, 2.24) is 9.80 Å². The van der Waals surface area contributed by atoms with E-state index in [0.29, 0.717) is 23.0 Å². The summed E-state index contributed by atoms with van der Waals surface area (Å²) in [5.41, 5.74) is 7.12. The first kappa shape index (κ1) is 17.8. The van der Waals surface area contributed by atoms with Gasteiger partial charge in [-0.05, 0) is 64.6 Å². The normalized spacial score (nSPS) is 18.1. The van der Waals surface area contributed by atoms with Gasteiger partial charge in [0.1, 0.15) is 5.75 Å². The molecule has 23 heavy (non-hydrogen) atoms. The Morgan fingerprint density at radius 2 is 2.09 bits per heavy atom. The quantitative estimate of drug-likeness (QED) is 0.644. The molecule has 1 fully saturated rings. The molecule has 0 radical (unpaired) electrons. The van der Waals surface area contributed by atoms with Crippen molar-refractivity contribution in [1.29, 1.82) is 0 Å². The number of carbonyl (C=O) groups excluding carboxylic acids is 1. The summed E-state index contributed by atoms with van der Waals surface area (Å²) in [6.07, 6.45) is 3.02. The van der Waals surface area contributed by atoms with E-state index in [2.05, 4.69) is 30.8 Å². The smallest absolute Gasteiger partial charge is 0.180 e. The lowest BCUT2D eigenvalue weighted by Gasteiger charge is -2.38. The van der Waals surface area contributed by atoms with Crippen LogP contribution in [0.1, 0.15) is 36.5 Å². The lowest BCUT2D eigenvalue weighted by molar-refractivity contribution is 0.0691. The van der Waals surface area contributed by atoms with E-state index in [0.717, 1.165) is 32.4 Å². The van der Waals surface area contributed by atoms with Crippen LogP contribution in [0.4, 0.5) is 5.69 Å². The molecule has 0 saturated carbocycles. The summed E-state index contributed by atoms with van der Waals surface area (Å²) in [5.74, 6) is 0.751. The molecule has 1 heterocycles. The highest BCUT2D eigenvalue weighted by atomic mass is 16.5. The first-order valence-electron chi connectivity index (χ1n) is 8.36. The fraction of sp³-hybridized carbons (Fsp3) is 0.611. The number of Topliss-reactive ketones (excluding diaryl/α,β-unsaturated/α-hetero) is 1. The second-order valence-corrected chi connectivity index (χ2v) is 6.44. The van der Waals surface area contributed by atoms with Crippen molar-refractivity contribution in [2.24, 2.45) is 0 Å². The van der Waals surface area contributed by atoms with Crippen LogP contribution in [0.3, 0.4) is 0 Å². The minimum atomic E-state index is -0.101. The van der Waals surface area contributed by atoms with Gasteiger partial charge in [0.2, 0.25) is 0 Å². The average molecular weight is 319 g/mol. The van der Waals surface area contributed by atoms with Gasteiger partial charge in [-0.25, -0.2) is 0 Å². The molecule has 1 aliphatic rings. The lowest BCUT2D eigenvalue weighted by Crippen LogP contribution is -2.48. The Balaban J connectivity index is 2.13. The first-order chi connectivity index (χ1) is 11.0. The molecule has 0 spiro atoms. The second kappa shape index (κ2) is 7.79. The molecule has 0 bridgehead atoms. The van der Waals surface area contributed by atoms with E-state index >= 15 is 0 Å². The van der Waals surface area contributed by atoms with Gasteiger partial charge >= 0.3 is 0 Å². The SMILES string of the molecule is CCC(C(=O)c1ccc(OC)c(N)c1)N(C)C1CCN(C)CC1. The Morgan fingerprint density at radius 3 is 2.61 bits per heavy atom. The number of nitrogen functional groups attached to an aromatic ring is 1. The van der Waals surface area contributed by atoms with Crippen molar-refractivity contribution in [3.8, 4) is 5.75 Å². The summed E-state index contributed by atoms with van der Waals surface area (Å²) >= 11 is 0. The van der Waals surface area contributed by atoms with Gasteiger partial charge in [-0.15, -0.1) is 0 Å². The van der Waals surface area contributed by atoms with Crippen molar-refractivity contribution in [2.75, 3.05) is 40.0 Å². The van der Waals surface area contributed by atoms with Gasteiger partial charge in [0.15, 0.2) is 5.78 Å². The molecular formula is C18H29N3O2. The summed E-state index contributed by atoms with van der Waals surface area (Å²) in [5, 5.41) is 0. The number of benzene rings is 1. The largest absolute Gasteiger partial charge is 0.495 e. The van der Waals surface area contributed by atoms with Crippen LogP contribution in [-0.4, -0.2) is 62.0 Å². The van der Waals surface area contributed by atoms with Crippen LogP contribution >= 0.6 is 0 Å². The van der Waals surface area contributed by atoms with Crippen molar-refractivity contribution in [3.05, 3.63) is 23.8 Å². The van der Waals surface area contributed by atoms with Gasteiger partial charge in [0, 0.05) is 11.6 Å². The van der Waals surface area contributed by atoms with E-state index in [9.17, 15) is 4.79 Å². The minimum Gasteiger partial charge on any atom is -0.495 e. The highest BCUT2D eigenvalue weighted by molar-refractivity contribution is 6.01. The molecule has 0 aliphatic carbocycles. The number of methoxy groups -OCH3 is 1. The van der Waals surface area contributed by atoms with E-state index < -0.39 is 0 Å². The van der Waals surface area contributed by atoms with E-state index in [4.69, 9.17) is 10.5 Å². The third-order valence-corrected chi connectivity index (χ3v) is 4.96. The first-order valence-corrected chi connectivity index (χ1v) is 8.36. The maximum absolute atomic E-state index is 12.9. The topological polar surface area (TPSA) is 58.8 Å². The molecule has 5 nitrogen and oxygen atoms in total. The predicted molar refractivity (Wildman–Crippen MR) is 94.1 cm³/mol. The van der Waals surface area contributed by atoms with Gasteiger partial charge in [-0.2, -0.15) is 0 Å². The van der Waals surface area contributed by atoms with Gasteiger partial charge < -0.3 is 15.4 Å². The van der Waals surface area contributed by atoms with E-state index in [1.54, 1.807) is 19.2 Å². The van der Waals surface area contributed by atoms with Crippen LogP contribution in [0.25, 0.3) is 0 Å². The second-order valence-electron chi connectivity index (χ2n) is 6.44. The molecule has 1 aromatic carbocycles. The molecule has 0 aromatic heterocycles. The van der Waals surface area contributed by atoms with Crippen LogP contribution < -0.4 is 10.5 Å².